The SMILES string of the molecule is C=CC(=O)N1CC[C@@H](Nc2nc(Nc3cnn(CCN4CCOCC4)c3)nc3[nH]cc(C(=O)c4ccc(F)cc4)c23)C1. The summed E-state index contributed by atoms with van der Waals surface area (Å²) >= 11 is 0. The second-order valence-corrected chi connectivity index (χ2v) is 10.3. The summed E-state index contributed by atoms with van der Waals surface area (Å²) in [7, 11) is 0. The number of rotatable bonds is 10. The van der Waals surface area contributed by atoms with Gasteiger partial charge in [0.25, 0.3) is 0 Å². The molecule has 218 valence electrons. The van der Waals surface area contributed by atoms with Gasteiger partial charge in [0.2, 0.25) is 11.9 Å². The molecule has 42 heavy (non-hydrogen) atoms. The van der Waals surface area contributed by atoms with Gasteiger partial charge in [-0.25, -0.2) is 4.39 Å². The third-order valence-corrected chi connectivity index (χ3v) is 7.54. The number of H-pyrrole nitrogens is 1. The number of ketones is 1. The van der Waals surface area contributed by atoms with Crippen LogP contribution in [-0.2, 0) is 16.1 Å². The lowest BCUT2D eigenvalue weighted by atomic mass is 10.0. The zero-order valence-electron chi connectivity index (χ0n) is 23.1. The van der Waals surface area contributed by atoms with Crippen molar-refractivity contribution in [3.8, 4) is 0 Å². The predicted octanol–water partition coefficient (Wildman–Crippen LogP) is 2.80. The first-order chi connectivity index (χ1) is 20.5. The van der Waals surface area contributed by atoms with Crippen molar-refractivity contribution in [3.63, 3.8) is 0 Å². The molecule has 4 aromatic rings. The number of likely N-dealkylation sites (tertiary alicyclic amines) is 1. The molecule has 2 saturated heterocycles. The van der Waals surface area contributed by atoms with Crippen molar-refractivity contribution < 1.29 is 18.7 Å². The Morgan fingerprint density at radius 1 is 1.14 bits per heavy atom. The Kier molecular flexibility index (Phi) is 7.93. The molecule has 0 saturated carbocycles. The van der Waals surface area contributed by atoms with Gasteiger partial charge < -0.3 is 25.3 Å². The number of carbonyl (C=O) groups is 2. The van der Waals surface area contributed by atoms with E-state index in [1.54, 1.807) is 17.3 Å². The molecular weight excluding hydrogens is 541 g/mol. The van der Waals surface area contributed by atoms with Crippen LogP contribution >= 0.6 is 0 Å². The number of fused-ring (bicyclic) bond motifs is 1. The van der Waals surface area contributed by atoms with Crippen LogP contribution in [-0.4, -0.2) is 98.2 Å². The average Bonchev–Trinajstić information content (AvgIpc) is 3.77. The lowest BCUT2D eigenvalue weighted by molar-refractivity contribution is -0.125. The second-order valence-electron chi connectivity index (χ2n) is 10.3. The van der Waals surface area contributed by atoms with Crippen LogP contribution in [0, 0.1) is 5.82 Å². The van der Waals surface area contributed by atoms with Crippen LogP contribution in [0.5, 0.6) is 0 Å². The summed E-state index contributed by atoms with van der Waals surface area (Å²) in [6.07, 6.45) is 7.21. The number of morpholine rings is 1. The number of carbonyl (C=O) groups excluding carboxylic acids is 2. The van der Waals surface area contributed by atoms with Crippen molar-refractivity contribution in [2.45, 2.75) is 19.0 Å². The number of aromatic nitrogens is 5. The topological polar surface area (TPSA) is 133 Å². The summed E-state index contributed by atoms with van der Waals surface area (Å²) in [4.78, 5) is 42.1. The summed E-state index contributed by atoms with van der Waals surface area (Å²) in [6.45, 7) is 9.58. The minimum absolute atomic E-state index is 0.0912. The predicted molar refractivity (Wildman–Crippen MR) is 155 cm³/mol. The molecule has 3 N–H and O–H groups in total. The number of amides is 1. The van der Waals surface area contributed by atoms with Crippen molar-refractivity contribution in [2.75, 3.05) is 56.6 Å². The molecule has 2 fully saturated rings. The van der Waals surface area contributed by atoms with Crippen LogP contribution < -0.4 is 10.6 Å². The Balaban J connectivity index is 1.26. The Morgan fingerprint density at radius 3 is 2.74 bits per heavy atom. The molecule has 0 bridgehead atoms. The van der Waals surface area contributed by atoms with E-state index in [-0.39, 0.29) is 17.7 Å². The van der Waals surface area contributed by atoms with E-state index < -0.39 is 5.82 Å². The maximum Gasteiger partial charge on any atom is 0.246 e. The van der Waals surface area contributed by atoms with Crippen LogP contribution in [0.15, 0.2) is 55.5 Å². The lowest BCUT2D eigenvalue weighted by Gasteiger charge is -2.26. The molecule has 1 aromatic carbocycles. The van der Waals surface area contributed by atoms with Crippen molar-refractivity contribution >= 4 is 40.2 Å². The van der Waals surface area contributed by atoms with Crippen LogP contribution in [0.1, 0.15) is 22.3 Å². The first-order valence-electron chi connectivity index (χ1n) is 13.9. The number of aromatic amines is 1. The highest BCUT2D eigenvalue weighted by molar-refractivity contribution is 6.18. The van der Waals surface area contributed by atoms with E-state index in [4.69, 9.17) is 9.72 Å². The number of ether oxygens (including phenoxy) is 1. The fourth-order valence-corrected chi connectivity index (χ4v) is 5.28. The van der Waals surface area contributed by atoms with Gasteiger partial charge >= 0.3 is 0 Å². The number of halogens is 1. The van der Waals surface area contributed by atoms with Crippen molar-refractivity contribution in [2.24, 2.45) is 0 Å². The summed E-state index contributed by atoms with van der Waals surface area (Å²) in [5, 5.41) is 11.6. The zero-order valence-corrected chi connectivity index (χ0v) is 23.1. The maximum atomic E-state index is 13.5. The summed E-state index contributed by atoms with van der Waals surface area (Å²) in [5.74, 6) is -0.0701. The molecule has 2 aliphatic heterocycles. The zero-order chi connectivity index (χ0) is 29.1. The van der Waals surface area contributed by atoms with Gasteiger partial charge in [-0.3, -0.25) is 19.2 Å². The summed E-state index contributed by atoms with van der Waals surface area (Å²) < 4.78 is 20.8. The van der Waals surface area contributed by atoms with Gasteiger partial charge in [-0.2, -0.15) is 15.1 Å². The normalized spacial score (nSPS) is 17.5. The second kappa shape index (κ2) is 12.1. The minimum atomic E-state index is -0.420. The molecule has 0 aliphatic carbocycles. The van der Waals surface area contributed by atoms with Gasteiger partial charge in [0.1, 0.15) is 17.3 Å². The molecule has 0 unspecified atom stereocenters. The highest BCUT2D eigenvalue weighted by Crippen LogP contribution is 2.30. The first-order valence-corrected chi connectivity index (χ1v) is 13.9. The van der Waals surface area contributed by atoms with Gasteiger partial charge in [-0.05, 0) is 36.8 Å². The van der Waals surface area contributed by atoms with E-state index in [0.717, 1.165) is 45.1 Å². The van der Waals surface area contributed by atoms with Gasteiger partial charge in [0, 0.05) is 56.7 Å². The quantitative estimate of drug-likeness (QED) is 0.193. The number of hydrogen-bond donors (Lipinski definition) is 3. The Labute approximate surface area is 241 Å². The van der Waals surface area contributed by atoms with E-state index >= 15 is 0 Å². The van der Waals surface area contributed by atoms with Crippen LogP contribution in [0.4, 0.5) is 21.8 Å². The number of anilines is 3. The van der Waals surface area contributed by atoms with E-state index in [1.165, 1.54) is 30.3 Å². The molecule has 5 heterocycles. The minimum Gasteiger partial charge on any atom is -0.379 e. The fraction of sp³-hybridized carbons (Fsp3) is 0.345. The van der Waals surface area contributed by atoms with E-state index in [1.807, 2.05) is 10.9 Å². The molecule has 0 radical (unpaired) electrons. The van der Waals surface area contributed by atoms with Crippen LogP contribution in [0.2, 0.25) is 0 Å². The molecule has 0 spiro atoms. The van der Waals surface area contributed by atoms with Crippen molar-refractivity contribution in [1.29, 1.82) is 0 Å². The molecule has 6 rings (SSSR count). The summed E-state index contributed by atoms with van der Waals surface area (Å²) in [5.41, 5.74) is 1.88. The van der Waals surface area contributed by atoms with E-state index in [0.29, 0.717) is 53.4 Å². The first kappa shape index (κ1) is 27.5. The third kappa shape index (κ3) is 6.02. The standard InChI is InChI=1S/C29H32FN9O3/c1-2-24(40)38-8-7-21(17-38)33-28-25-23(26(41)19-3-5-20(30)6-4-19)16-31-27(25)35-29(36-28)34-22-15-32-39(18-22)10-9-37-11-13-42-14-12-37/h2-6,15-16,18,21H,1,7-14,17H2,(H3,31,33,34,35,36)/t21-/m1/s1. The lowest BCUT2D eigenvalue weighted by Crippen LogP contribution is -2.38. The van der Waals surface area contributed by atoms with E-state index in [2.05, 4.69) is 37.2 Å². The molecular formula is C29H32FN9O3. The van der Waals surface area contributed by atoms with Crippen LogP contribution in [0.25, 0.3) is 11.0 Å². The fourth-order valence-electron chi connectivity index (χ4n) is 5.28. The van der Waals surface area contributed by atoms with Crippen molar-refractivity contribution in [3.05, 3.63) is 72.5 Å². The maximum absolute atomic E-state index is 13.5. The number of benzene rings is 1. The molecule has 1 atom stereocenters. The van der Waals surface area contributed by atoms with Gasteiger partial charge in [-0.15, -0.1) is 0 Å². The van der Waals surface area contributed by atoms with E-state index in [9.17, 15) is 14.0 Å². The summed E-state index contributed by atoms with van der Waals surface area (Å²) in [6, 6.07) is 5.32. The van der Waals surface area contributed by atoms with Gasteiger partial charge in [-0.1, -0.05) is 6.58 Å². The largest absolute Gasteiger partial charge is 0.379 e. The smallest absolute Gasteiger partial charge is 0.246 e. The highest BCUT2D eigenvalue weighted by atomic mass is 19.1. The molecule has 1 amide bonds. The number of nitrogens with one attached hydrogen (secondary N) is 3. The number of hydrogen-bond acceptors (Lipinski definition) is 9. The molecule has 13 heteroatoms. The average molecular weight is 574 g/mol. The Hall–Kier alpha value is -4.62. The van der Waals surface area contributed by atoms with Gasteiger partial charge in [0.05, 0.1) is 42.6 Å². The monoisotopic (exact) mass is 573 g/mol. The highest BCUT2D eigenvalue weighted by Gasteiger charge is 2.27. The van der Waals surface area contributed by atoms with Gasteiger partial charge in [0.15, 0.2) is 5.78 Å². The third-order valence-electron chi connectivity index (χ3n) is 7.54. The number of nitrogens with zero attached hydrogens (tertiary/aromatic N) is 6. The van der Waals surface area contributed by atoms with Crippen molar-refractivity contribution in [1.82, 2.24) is 34.5 Å². The molecule has 2 aliphatic rings. The Morgan fingerprint density at radius 2 is 1.95 bits per heavy atom. The molecule has 12 nitrogen and oxygen atoms in total. The Bertz CT molecular complexity index is 1590. The molecule has 3 aromatic heterocycles. The van der Waals surface area contributed by atoms with Crippen LogP contribution in [0.3, 0.4) is 0 Å².